The van der Waals surface area contributed by atoms with Crippen LogP contribution in [0.1, 0.15) is 0 Å². The van der Waals surface area contributed by atoms with Crippen molar-refractivity contribution in [3.05, 3.63) is 84.3 Å². The number of hydrogen-bond acceptors (Lipinski definition) is 2. The van der Waals surface area contributed by atoms with Crippen LogP contribution >= 0.6 is 0 Å². The topological polar surface area (TPSA) is 18.5 Å². The summed E-state index contributed by atoms with van der Waals surface area (Å²) in [7, 11) is 0. The lowest BCUT2D eigenvalue weighted by molar-refractivity contribution is 0.321. The molecule has 1 aliphatic carbocycles. The Labute approximate surface area is 100 Å². The third-order valence-electron chi connectivity index (χ3n) is 2.72. The number of hydrogen-bond donors (Lipinski definition) is 0. The summed E-state index contributed by atoms with van der Waals surface area (Å²) in [4.78, 5) is 0. The Hall–Kier alpha value is -2.22. The Morgan fingerprint density at radius 1 is 0.941 bits per heavy atom. The van der Waals surface area contributed by atoms with Crippen molar-refractivity contribution in [1.82, 2.24) is 0 Å². The third-order valence-corrected chi connectivity index (χ3v) is 2.72. The molecule has 2 aliphatic heterocycles. The zero-order chi connectivity index (χ0) is 11.5. The molecule has 1 unspecified atom stereocenters. The van der Waals surface area contributed by atoms with Crippen molar-refractivity contribution < 1.29 is 9.47 Å². The summed E-state index contributed by atoms with van der Waals surface area (Å²) in [6.45, 7) is 0. The van der Waals surface area contributed by atoms with Gasteiger partial charge in [-0.3, -0.25) is 0 Å². The van der Waals surface area contributed by atoms with Crippen LogP contribution in [0.15, 0.2) is 84.3 Å². The first kappa shape index (κ1) is 9.97. The van der Waals surface area contributed by atoms with Gasteiger partial charge in [0.1, 0.15) is 11.5 Å². The summed E-state index contributed by atoms with van der Waals surface area (Å²) in [6.07, 6.45) is 21.3. The normalized spacial score (nSPS) is 32.9. The predicted octanol–water partition coefficient (Wildman–Crippen LogP) is 3.51. The summed E-state index contributed by atoms with van der Waals surface area (Å²) >= 11 is 0. The zero-order valence-corrected chi connectivity index (χ0v) is 9.24. The van der Waals surface area contributed by atoms with Crippen LogP contribution in [-0.4, -0.2) is 0 Å². The molecular weight excluding hydrogens is 212 g/mol. The Balaban J connectivity index is 2.02. The highest BCUT2D eigenvalue weighted by molar-refractivity contribution is 5.39. The highest BCUT2D eigenvalue weighted by Gasteiger charge is 2.13. The Morgan fingerprint density at radius 2 is 1.94 bits per heavy atom. The molecule has 84 valence electrons. The van der Waals surface area contributed by atoms with E-state index in [1.54, 1.807) is 18.6 Å². The zero-order valence-electron chi connectivity index (χ0n) is 9.24. The van der Waals surface area contributed by atoms with Gasteiger partial charge in [0.25, 0.3) is 0 Å². The first-order valence-corrected chi connectivity index (χ1v) is 5.57. The van der Waals surface area contributed by atoms with Crippen LogP contribution in [0.25, 0.3) is 0 Å². The first-order chi connectivity index (χ1) is 8.42. The van der Waals surface area contributed by atoms with Gasteiger partial charge in [0.05, 0.1) is 12.5 Å². The van der Waals surface area contributed by atoms with Crippen molar-refractivity contribution in [1.29, 1.82) is 0 Å². The van der Waals surface area contributed by atoms with Crippen LogP contribution in [0.2, 0.25) is 0 Å². The van der Waals surface area contributed by atoms with Gasteiger partial charge in [-0.25, -0.2) is 0 Å². The maximum Gasteiger partial charge on any atom is 0.130 e. The summed E-state index contributed by atoms with van der Waals surface area (Å²) in [5.74, 6) is 1.85. The van der Waals surface area contributed by atoms with Crippen LogP contribution in [0.5, 0.6) is 0 Å². The smallest absolute Gasteiger partial charge is 0.130 e. The fourth-order valence-corrected chi connectivity index (χ4v) is 1.86. The van der Waals surface area contributed by atoms with E-state index in [1.165, 1.54) is 0 Å². The largest absolute Gasteiger partial charge is 0.472 e. The number of rotatable bonds is 0. The van der Waals surface area contributed by atoms with Gasteiger partial charge < -0.3 is 9.47 Å². The number of fused-ring (bicyclic) bond motifs is 3. The third kappa shape index (κ3) is 2.16. The standard InChI is InChI=1S/C15H12O2/c1-2-5-13-11-16-9-8-14-6-3-7-15(17-14)10-12(13)4-1/h1-12H/b9-8-,13-11+,15-10-. The quantitative estimate of drug-likeness (QED) is 0.627. The van der Waals surface area contributed by atoms with Gasteiger partial charge in [0.2, 0.25) is 0 Å². The van der Waals surface area contributed by atoms with Crippen molar-refractivity contribution in [2.45, 2.75) is 0 Å². The van der Waals surface area contributed by atoms with E-state index < -0.39 is 0 Å². The predicted molar refractivity (Wildman–Crippen MR) is 66.5 cm³/mol. The van der Waals surface area contributed by atoms with Crippen LogP contribution in [-0.2, 0) is 9.47 Å². The fraction of sp³-hybridized carbons (Fsp3) is 0.0667. The molecule has 2 heterocycles. The molecule has 2 heteroatoms. The molecule has 0 aromatic carbocycles. The van der Waals surface area contributed by atoms with E-state index in [0.717, 1.165) is 17.1 Å². The molecule has 2 nitrogen and oxygen atoms in total. The lowest BCUT2D eigenvalue weighted by Gasteiger charge is -2.17. The van der Waals surface area contributed by atoms with Crippen LogP contribution < -0.4 is 0 Å². The lowest BCUT2D eigenvalue weighted by atomic mass is 9.94. The molecule has 0 aromatic rings. The maximum absolute atomic E-state index is 5.70. The van der Waals surface area contributed by atoms with Gasteiger partial charge in [-0.05, 0) is 23.8 Å². The minimum atomic E-state index is 0.200. The first-order valence-electron chi connectivity index (χ1n) is 5.57. The van der Waals surface area contributed by atoms with Gasteiger partial charge in [-0.15, -0.1) is 0 Å². The monoisotopic (exact) mass is 224 g/mol. The van der Waals surface area contributed by atoms with Gasteiger partial charge in [-0.1, -0.05) is 30.4 Å². The minimum Gasteiger partial charge on any atom is -0.472 e. The second kappa shape index (κ2) is 4.34. The molecule has 0 saturated carbocycles. The molecule has 1 atom stereocenters. The Bertz CT molecular complexity index is 525. The fourth-order valence-electron chi connectivity index (χ4n) is 1.86. The highest BCUT2D eigenvalue weighted by atomic mass is 16.5. The van der Waals surface area contributed by atoms with E-state index in [0.29, 0.717) is 0 Å². The van der Waals surface area contributed by atoms with E-state index in [9.17, 15) is 0 Å². The molecule has 2 bridgehead atoms. The molecule has 0 fully saturated rings. The number of ether oxygens (including phenoxy) is 2. The second-order valence-corrected chi connectivity index (χ2v) is 3.93. The van der Waals surface area contributed by atoms with E-state index in [2.05, 4.69) is 12.2 Å². The molecule has 17 heavy (non-hydrogen) atoms. The van der Waals surface area contributed by atoms with Crippen molar-refractivity contribution in [2.24, 2.45) is 5.92 Å². The van der Waals surface area contributed by atoms with Crippen LogP contribution in [0.3, 0.4) is 0 Å². The van der Waals surface area contributed by atoms with Crippen molar-refractivity contribution in [3.63, 3.8) is 0 Å². The Kier molecular flexibility index (Phi) is 2.54. The highest BCUT2D eigenvalue weighted by Crippen LogP contribution is 2.25. The van der Waals surface area contributed by atoms with E-state index in [4.69, 9.17) is 9.47 Å². The van der Waals surface area contributed by atoms with Gasteiger partial charge in [0.15, 0.2) is 0 Å². The minimum absolute atomic E-state index is 0.200. The molecule has 0 amide bonds. The van der Waals surface area contributed by atoms with Crippen molar-refractivity contribution in [2.75, 3.05) is 0 Å². The summed E-state index contributed by atoms with van der Waals surface area (Å²) in [5, 5.41) is 0. The van der Waals surface area contributed by atoms with Crippen molar-refractivity contribution in [3.8, 4) is 0 Å². The average Bonchev–Trinajstić information content (AvgIpc) is 2.36. The molecule has 3 rings (SSSR count). The van der Waals surface area contributed by atoms with Gasteiger partial charge in [-0.2, -0.15) is 0 Å². The van der Waals surface area contributed by atoms with Gasteiger partial charge in [0, 0.05) is 12.0 Å². The van der Waals surface area contributed by atoms with Crippen LogP contribution in [0.4, 0.5) is 0 Å². The SMILES string of the molecule is C1=C/C2=C/C3C=CC=C/C3=C\O/C=C\C(=C1)O2. The molecule has 0 saturated heterocycles. The van der Waals surface area contributed by atoms with Crippen LogP contribution in [0, 0.1) is 5.92 Å². The van der Waals surface area contributed by atoms with Gasteiger partial charge >= 0.3 is 0 Å². The van der Waals surface area contributed by atoms with Crippen molar-refractivity contribution >= 4 is 0 Å². The number of allylic oxidation sites excluding steroid dienone is 10. The summed E-state index contributed by atoms with van der Waals surface area (Å²) in [5.41, 5.74) is 1.11. The second-order valence-electron chi connectivity index (χ2n) is 3.93. The molecule has 0 spiro atoms. The molecule has 0 N–H and O–H groups in total. The maximum atomic E-state index is 5.70. The molecule has 3 aliphatic rings. The summed E-state index contributed by atoms with van der Waals surface area (Å²) in [6, 6.07) is 0. The average molecular weight is 224 g/mol. The Morgan fingerprint density at radius 3 is 2.94 bits per heavy atom. The molecule has 0 radical (unpaired) electrons. The van der Waals surface area contributed by atoms with E-state index >= 15 is 0 Å². The summed E-state index contributed by atoms with van der Waals surface area (Å²) < 4.78 is 11.1. The van der Waals surface area contributed by atoms with E-state index in [-0.39, 0.29) is 5.92 Å². The lowest BCUT2D eigenvalue weighted by Crippen LogP contribution is -2.03. The van der Waals surface area contributed by atoms with E-state index in [1.807, 2.05) is 36.5 Å². The molecular formula is C15H12O2. The molecule has 0 aromatic heterocycles.